The lowest BCUT2D eigenvalue weighted by molar-refractivity contribution is 0.145. The molecule has 1 aromatic rings. The van der Waals surface area contributed by atoms with Crippen LogP contribution in [0.1, 0.15) is 18.4 Å². The first-order chi connectivity index (χ1) is 6.84. The highest BCUT2D eigenvalue weighted by molar-refractivity contribution is 5.09. The summed E-state index contributed by atoms with van der Waals surface area (Å²) < 4.78 is 12.9. The molecule has 1 fully saturated rings. The smallest absolute Gasteiger partial charge is 0.103 e. The van der Waals surface area contributed by atoms with E-state index in [-0.39, 0.29) is 0 Å². The second-order valence-electron chi connectivity index (χ2n) is 3.81. The number of rotatable bonds is 2. The minimum absolute atomic E-state index is 0.580. The molecule has 1 aliphatic heterocycles. The Morgan fingerprint density at radius 1 is 1.29 bits per heavy atom. The van der Waals surface area contributed by atoms with Crippen molar-refractivity contribution in [1.29, 1.82) is 0 Å². The lowest BCUT2D eigenvalue weighted by Gasteiger charge is -2.28. The Bertz CT molecular complexity index is 268. The number of nitrogens with zero attached hydrogens (tertiary/aromatic N) is 2. The molecule has 1 aliphatic rings. The molecular weight excluding hydrogens is 179 g/mol. The zero-order chi connectivity index (χ0) is 9.80. The standard InChI is InChI=1S/C11H15FN2/c12-11-3-7-14(8-4-11)9-10-1-5-13-6-2-10/h1-2,5-6,11H,3-4,7-9H2. The van der Waals surface area contributed by atoms with Crippen molar-refractivity contribution in [1.82, 2.24) is 9.88 Å². The van der Waals surface area contributed by atoms with Crippen molar-refractivity contribution in [2.75, 3.05) is 13.1 Å². The minimum atomic E-state index is -0.580. The molecular formula is C11H15FN2. The number of aromatic nitrogens is 1. The summed E-state index contributed by atoms with van der Waals surface area (Å²) in [5.41, 5.74) is 1.26. The van der Waals surface area contributed by atoms with E-state index in [9.17, 15) is 4.39 Å². The van der Waals surface area contributed by atoms with Crippen LogP contribution in [0.3, 0.4) is 0 Å². The fourth-order valence-electron chi connectivity index (χ4n) is 1.81. The van der Waals surface area contributed by atoms with Gasteiger partial charge in [0.15, 0.2) is 0 Å². The lowest BCUT2D eigenvalue weighted by atomic mass is 10.1. The molecule has 0 aromatic carbocycles. The SMILES string of the molecule is FC1CCN(Cc2ccncc2)CC1. The maximum absolute atomic E-state index is 12.9. The van der Waals surface area contributed by atoms with Crippen LogP contribution >= 0.6 is 0 Å². The van der Waals surface area contributed by atoms with Crippen LogP contribution in [0.15, 0.2) is 24.5 Å². The van der Waals surface area contributed by atoms with Crippen molar-refractivity contribution >= 4 is 0 Å². The van der Waals surface area contributed by atoms with E-state index in [0.29, 0.717) is 12.8 Å². The molecule has 1 aromatic heterocycles. The van der Waals surface area contributed by atoms with Gasteiger partial charge in [-0.1, -0.05) is 0 Å². The summed E-state index contributed by atoms with van der Waals surface area (Å²) in [6.07, 6.45) is 4.40. The fourth-order valence-corrected chi connectivity index (χ4v) is 1.81. The molecule has 0 aliphatic carbocycles. The van der Waals surface area contributed by atoms with Crippen LogP contribution in [-0.2, 0) is 6.54 Å². The highest BCUT2D eigenvalue weighted by Gasteiger charge is 2.17. The molecule has 0 unspecified atom stereocenters. The summed E-state index contributed by atoms with van der Waals surface area (Å²) in [7, 11) is 0. The van der Waals surface area contributed by atoms with Crippen LogP contribution in [0.5, 0.6) is 0 Å². The number of hydrogen-bond donors (Lipinski definition) is 0. The quantitative estimate of drug-likeness (QED) is 0.716. The van der Waals surface area contributed by atoms with E-state index in [1.807, 2.05) is 12.1 Å². The van der Waals surface area contributed by atoms with Crippen molar-refractivity contribution in [3.05, 3.63) is 30.1 Å². The molecule has 76 valence electrons. The molecule has 0 spiro atoms. The van der Waals surface area contributed by atoms with E-state index in [1.165, 1.54) is 5.56 Å². The Balaban J connectivity index is 1.87. The predicted molar refractivity (Wildman–Crippen MR) is 53.6 cm³/mol. The van der Waals surface area contributed by atoms with Crippen molar-refractivity contribution in [3.8, 4) is 0 Å². The summed E-state index contributed by atoms with van der Waals surface area (Å²) in [4.78, 5) is 6.27. The van der Waals surface area contributed by atoms with Gasteiger partial charge in [-0.25, -0.2) is 4.39 Å². The Hall–Kier alpha value is -0.960. The van der Waals surface area contributed by atoms with Crippen molar-refractivity contribution < 1.29 is 4.39 Å². The Kier molecular flexibility index (Phi) is 3.09. The first-order valence-electron chi connectivity index (χ1n) is 5.10. The summed E-state index contributed by atoms with van der Waals surface area (Å²) >= 11 is 0. The van der Waals surface area contributed by atoms with E-state index in [4.69, 9.17) is 0 Å². The zero-order valence-electron chi connectivity index (χ0n) is 8.19. The predicted octanol–water partition coefficient (Wildman–Crippen LogP) is 2.02. The van der Waals surface area contributed by atoms with E-state index >= 15 is 0 Å². The average Bonchev–Trinajstić information content (AvgIpc) is 2.23. The largest absolute Gasteiger partial charge is 0.299 e. The van der Waals surface area contributed by atoms with Crippen molar-refractivity contribution in [3.63, 3.8) is 0 Å². The Morgan fingerprint density at radius 3 is 2.57 bits per heavy atom. The second kappa shape index (κ2) is 4.51. The van der Waals surface area contributed by atoms with E-state index in [1.54, 1.807) is 12.4 Å². The minimum Gasteiger partial charge on any atom is -0.299 e. The number of hydrogen-bond acceptors (Lipinski definition) is 2. The number of halogens is 1. The molecule has 2 nitrogen and oxygen atoms in total. The van der Waals surface area contributed by atoms with Gasteiger partial charge in [0, 0.05) is 32.0 Å². The van der Waals surface area contributed by atoms with Crippen LogP contribution in [0.25, 0.3) is 0 Å². The number of piperidine rings is 1. The maximum Gasteiger partial charge on any atom is 0.103 e. The van der Waals surface area contributed by atoms with Gasteiger partial charge in [0.25, 0.3) is 0 Å². The average molecular weight is 194 g/mol. The maximum atomic E-state index is 12.9. The zero-order valence-corrected chi connectivity index (χ0v) is 8.19. The molecule has 0 N–H and O–H groups in total. The first-order valence-corrected chi connectivity index (χ1v) is 5.10. The van der Waals surface area contributed by atoms with Gasteiger partial charge in [0.2, 0.25) is 0 Å². The van der Waals surface area contributed by atoms with Gasteiger partial charge in [-0.2, -0.15) is 0 Å². The highest BCUT2D eigenvalue weighted by atomic mass is 19.1. The summed E-state index contributed by atoms with van der Waals surface area (Å²) in [5.74, 6) is 0. The molecule has 0 bridgehead atoms. The molecule has 0 saturated carbocycles. The number of pyridine rings is 1. The molecule has 0 amide bonds. The second-order valence-corrected chi connectivity index (χ2v) is 3.81. The van der Waals surface area contributed by atoms with Crippen LogP contribution in [0, 0.1) is 0 Å². The molecule has 14 heavy (non-hydrogen) atoms. The van der Waals surface area contributed by atoms with Gasteiger partial charge in [0.1, 0.15) is 6.17 Å². The fraction of sp³-hybridized carbons (Fsp3) is 0.545. The molecule has 2 heterocycles. The van der Waals surface area contributed by atoms with Crippen LogP contribution < -0.4 is 0 Å². The van der Waals surface area contributed by atoms with Gasteiger partial charge in [0.05, 0.1) is 0 Å². The topological polar surface area (TPSA) is 16.1 Å². The van der Waals surface area contributed by atoms with Crippen LogP contribution in [-0.4, -0.2) is 29.1 Å². The van der Waals surface area contributed by atoms with E-state index in [2.05, 4.69) is 9.88 Å². The van der Waals surface area contributed by atoms with Gasteiger partial charge in [-0.05, 0) is 30.5 Å². The lowest BCUT2D eigenvalue weighted by Crippen LogP contribution is -2.33. The molecule has 0 atom stereocenters. The summed E-state index contributed by atoms with van der Waals surface area (Å²) in [6.45, 7) is 2.68. The first kappa shape index (κ1) is 9.59. The Morgan fingerprint density at radius 2 is 1.93 bits per heavy atom. The summed E-state index contributed by atoms with van der Waals surface area (Å²) in [6, 6.07) is 4.03. The van der Waals surface area contributed by atoms with E-state index in [0.717, 1.165) is 19.6 Å². The van der Waals surface area contributed by atoms with Gasteiger partial charge < -0.3 is 0 Å². The van der Waals surface area contributed by atoms with Gasteiger partial charge >= 0.3 is 0 Å². The van der Waals surface area contributed by atoms with Gasteiger partial charge in [-0.3, -0.25) is 9.88 Å². The van der Waals surface area contributed by atoms with Crippen molar-refractivity contribution in [2.45, 2.75) is 25.6 Å². The molecule has 1 saturated heterocycles. The molecule has 2 rings (SSSR count). The third kappa shape index (κ3) is 2.51. The number of alkyl halides is 1. The van der Waals surface area contributed by atoms with E-state index < -0.39 is 6.17 Å². The monoisotopic (exact) mass is 194 g/mol. The number of likely N-dealkylation sites (tertiary alicyclic amines) is 1. The van der Waals surface area contributed by atoms with Crippen LogP contribution in [0.4, 0.5) is 4.39 Å². The third-order valence-corrected chi connectivity index (χ3v) is 2.67. The normalized spacial score (nSPS) is 19.8. The van der Waals surface area contributed by atoms with Crippen LogP contribution in [0.2, 0.25) is 0 Å². The highest BCUT2D eigenvalue weighted by Crippen LogP contribution is 2.15. The summed E-state index contributed by atoms with van der Waals surface area (Å²) in [5, 5.41) is 0. The third-order valence-electron chi connectivity index (χ3n) is 2.67. The Labute approximate surface area is 83.8 Å². The molecule has 3 heteroatoms. The molecule has 0 radical (unpaired) electrons. The van der Waals surface area contributed by atoms with Gasteiger partial charge in [-0.15, -0.1) is 0 Å². The van der Waals surface area contributed by atoms with Crippen molar-refractivity contribution in [2.24, 2.45) is 0 Å².